The van der Waals surface area contributed by atoms with Crippen molar-refractivity contribution in [3.8, 4) is 0 Å². The minimum absolute atomic E-state index is 0.230. The molecule has 3 rings (SSSR count). The van der Waals surface area contributed by atoms with Gasteiger partial charge in [-0.15, -0.1) is 0 Å². The van der Waals surface area contributed by atoms with E-state index in [0.29, 0.717) is 29.2 Å². The van der Waals surface area contributed by atoms with E-state index in [0.717, 1.165) is 10.9 Å². The number of H-pyrrole nitrogens is 1. The van der Waals surface area contributed by atoms with Crippen LogP contribution in [0.2, 0.25) is 5.02 Å². The summed E-state index contributed by atoms with van der Waals surface area (Å²) in [5, 5.41) is 4.54. The van der Waals surface area contributed by atoms with Gasteiger partial charge in [0.15, 0.2) is 0 Å². The van der Waals surface area contributed by atoms with Crippen LogP contribution in [0.3, 0.4) is 0 Å². The first-order valence-corrected chi connectivity index (χ1v) is 7.12. The summed E-state index contributed by atoms with van der Waals surface area (Å²) in [6, 6.07) is 7.90. The summed E-state index contributed by atoms with van der Waals surface area (Å²) in [7, 11) is 0. The first kappa shape index (κ1) is 14.7. The number of fused-ring (bicyclic) bond motifs is 1. The number of rotatable bonds is 4. The largest absolute Gasteiger partial charge is 0.322 e. The van der Waals surface area contributed by atoms with E-state index in [1.165, 1.54) is 12.1 Å². The predicted molar refractivity (Wildman–Crippen MR) is 84.3 cm³/mol. The highest BCUT2D eigenvalue weighted by molar-refractivity contribution is 6.31. The summed E-state index contributed by atoms with van der Waals surface area (Å²) in [6.45, 7) is 0.920. The van der Waals surface area contributed by atoms with Crippen LogP contribution in [0.1, 0.15) is 11.1 Å². The lowest BCUT2D eigenvalue weighted by molar-refractivity contribution is 0.629. The molecule has 0 bridgehead atoms. The maximum Gasteiger partial charge on any atom is 0.252 e. The highest BCUT2D eigenvalue weighted by atomic mass is 35.5. The van der Waals surface area contributed by atoms with E-state index in [4.69, 9.17) is 11.6 Å². The van der Waals surface area contributed by atoms with E-state index in [2.05, 4.69) is 15.3 Å². The molecular weight excluding hydrogens is 305 g/mol. The fourth-order valence-corrected chi connectivity index (χ4v) is 2.42. The van der Waals surface area contributed by atoms with Gasteiger partial charge >= 0.3 is 0 Å². The number of hydrogen-bond acceptors (Lipinski definition) is 3. The number of benzene rings is 1. The molecule has 0 aliphatic heterocycles. The Hall–Kier alpha value is -2.24. The van der Waals surface area contributed by atoms with Crippen LogP contribution in [0.15, 0.2) is 47.5 Å². The Balaban J connectivity index is 1.77. The van der Waals surface area contributed by atoms with Crippen LogP contribution in [0, 0.1) is 5.82 Å². The molecule has 6 heteroatoms. The van der Waals surface area contributed by atoms with Crippen molar-refractivity contribution >= 4 is 22.5 Å². The predicted octanol–water partition coefficient (Wildman–Crippen LogP) is 3.01. The van der Waals surface area contributed by atoms with Crippen molar-refractivity contribution in [2.75, 3.05) is 0 Å². The van der Waals surface area contributed by atoms with Gasteiger partial charge in [-0.05, 0) is 41.3 Å². The fraction of sp³-hybridized carbons (Fsp3) is 0.125. The average Bonchev–Trinajstić information content (AvgIpc) is 2.50. The van der Waals surface area contributed by atoms with Gasteiger partial charge in [0.05, 0.1) is 10.5 Å². The number of halogens is 2. The molecule has 2 heterocycles. The number of aromatic nitrogens is 2. The van der Waals surface area contributed by atoms with Crippen LogP contribution < -0.4 is 10.9 Å². The van der Waals surface area contributed by atoms with E-state index in [1.807, 2.05) is 6.07 Å². The Kier molecular flexibility index (Phi) is 4.18. The van der Waals surface area contributed by atoms with Crippen molar-refractivity contribution in [3.05, 3.63) is 75.0 Å². The van der Waals surface area contributed by atoms with Crippen molar-refractivity contribution in [1.82, 2.24) is 15.3 Å². The standard InChI is InChI=1S/C16H13ClFN3O/c17-14-9-19-4-3-11(14)7-20-8-12-5-10-1-2-13(18)6-15(10)21-16(12)22/h1-6,9,20H,7-8H2,(H,21,22). The van der Waals surface area contributed by atoms with Crippen LogP contribution >= 0.6 is 11.6 Å². The van der Waals surface area contributed by atoms with Gasteiger partial charge in [-0.1, -0.05) is 11.6 Å². The second kappa shape index (κ2) is 6.25. The molecule has 0 radical (unpaired) electrons. The normalized spacial score (nSPS) is 11.0. The molecule has 0 unspecified atom stereocenters. The molecule has 0 amide bonds. The Labute approximate surface area is 131 Å². The zero-order chi connectivity index (χ0) is 15.5. The highest BCUT2D eigenvalue weighted by Crippen LogP contribution is 2.14. The van der Waals surface area contributed by atoms with Gasteiger partial charge in [-0.2, -0.15) is 0 Å². The average molecular weight is 318 g/mol. The molecule has 3 aromatic rings. The van der Waals surface area contributed by atoms with Crippen molar-refractivity contribution in [2.24, 2.45) is 0 Å². The quantitative estimate of drug-likeness (QED) is 0.777. The molecule has 0 saturated carbocycles. The Morgan fingerprint density at radius 3 is 2.82 bits per heavy atom. The third-order valence-electron chi connectivity index (χ3n) is 3.37. The smallest absolute Gasteiger partial charge is 0.252 e. The van der Waals surface area contributed by atoms with E-state index < -0.39 is 0 Å². The molecule has 4 nitrogen and oxygen atoms in total. The topological polar surface area (TPSA) is 57.8 Å². The molecule has 0 saturated heterocycles. The highest BCUT2D eigenvalue weighted by Gasteiger charge is 2.05. The minimum atomic E-state index is -0.374. The van der Waals surface area contributed by atoms with Gasteiger partial charge in [0.25, 0.3) is 5.56 Å². The van der Waals surface area contributed by atoms with Crippen LogP contribution in [0.4, 0.5) is 4.39 Å². The van der Waals surface area contributed by atoms with Crippen LogP contribution in [-0.4, -0.2) is 9.97 Å². The fourth-order valence-electron chi connectivity index (χ4n) is 2.23. The summed E-state index contributed by atoms with van der Waals surface area (Å²) < 4.78 is 13.1. The van der Waals surface area contributed by atoms with E-state index >= 15 is 0 Å². The Morgan fingerprint density at radius 2 is 2.00 bits per heavy atom. The molecule has 0 spiro atoms. The Morgan fingerprint density at radius 1 is 1.18 bits per heavy atom. The number of nitrogens with one attached hydrogen (secondary N) is 2. The maximum absolute atomic E-state index is 13.1. The van der Waals surface area contributed by atoms with Gasteiger partial charge < -0.3 is 10.3 Å². The van der Waals surface area contributed by atoms with Gasteiger partial charge in [0.1, 0.15) is 5.82 Å². The first-order valence-electron chi connectivity index (χ1n) is 6.74. The summed E-state index contributed by atoms with van der Waals surface area (Å²) in [6.07, 6.45) is 3.25. The van der Waals surface area contributed by atoms with Crippen molar-refractivity contribution in [1.29, 1.82) is 0 Å². The SMILES string of the molecule is O=c1[nH]c2cc(F)ccc2cc1CNCc1ccncc1Cl. The van der Waals surface area contributed by atoms with E-state index in [-0.39, 0.29) is 11.4 Å². The van der Waals surface area contributed by atoms with Crippen LogP contribution in [0.5, 0.6) is 0 Å². The van der Waals surface area contributed by atoms with Gasteiger partial charge in [0.2, 0.25) is 0 Å². The van der Waals surface area contributed by atoms with Gasteiger partial charge in [-0.3, -0.25) is 9.78 Å². The summed E-state index contributed by atoms with van der Waals surface area (Å²) >= 11 is 6.02. The van der Waals surface area contributed by atoms with Crippen LogP contribution in [0.25, 0.3) is 10.9 Å². The molecule has 1 aromatic carbocycles. The summed E-state index contributed by atoms with van der Waals surface area (Å²) in [4.78, 5) is 18.6. The third-order valence-corrected chi connectivity index (χ3v) is 3.71. The summed E-state index contributed by atoms with van der Waals surface area (Å²) in [5.41, 5.74) is 1.76. The molecule has 112 valence electrons. The third kappa shape index (κ3) is 3.16. The monoisotopic (exact) mass is 317 g/mol. The number of nitrogens with zero attached hydrogens (tertiary/aromatic N) is 1. The lowest BCUT2D eigenvalue weighted by atomic mass is 10.1. The number of aromatic amines is 1. The van der Waals surface area contributed by atoms with Crippen molar-refractivity contribution < 1.29 is 4.39 Å². The summed E-state index contributed by atoms with van der Waals surface area (Å²) in [5.74, 6) is -0.374. The lowest BCUT2D eigenvalue weighted by Crippen LogP contribution is -2.21. The molecule has 0 fully saturated rings. The molecule has 0 atom stereocenters. The molecular formula is C16H13ClFN3O. The minimum Gasteiger partial charge on any atom is -0.322 e. The van der Waals surface area contributed by atoms with Crippen LogP contribution in [-0.2, 0) is 13.1 Å². The molecule has 22 heavy (non-hydrogen) atoms. The van der Waals surface area contributed by atoms with E-state index in [9.17, 15) is 9.18 Å². The second-order valence-corrected chi connectivity index (χ2v) is 5.33. The van der Waals surface area contributed by atoms with E-state index in [1.54, 1.807) is 24.5 Å². The van der Waals surface area contributed by atoms with Crippen molar-refractivity contribution in [3.63, 3.8) is 0 Å². The number of pyridine rings is 2. The number of hydrogen-bond donors (Lipinski definition) is 2. The maximum atomic E-state index is 13.1. The zero-order valence-corrected chi connectivity index (χ0v) is 12.3. The van der Waals surface area contributed by atoms with Crippen molar-refractivity contribution in [2.45, 2.75) is 13.1 Å². The molecule has 0 aliphatic rings. The first-order chi connectivity index (χ1) is 10.6. The zero-order valence-electron chi connectivity index (χ0n) is 11.6. The lowest BCUT2D eigenvalue weighted by Gasteiger charge is -2.07. The van der Waals surface area contributed by atoms with Gasteiger partial charge in [-0.25, -0.2) is 4.39 Å². The van der Waals surface area contributed by atoms with Gasteiger partial charge in [0, 0.05) is 31.0 Å². The Bertz CT molecular complexity index is 879. The molecule has 2 aromatic heterocycles. The molecule has 0 aliphatic carbocycles. The second-order valence-electron chi connectivity index (χ2n) is 4.93. The molecule has 2 N–H and O–H groups in total.